The Kier molecular flexibility index (Phi) is 6.11. The highest BCUT2D eigenvalue weighted by Crippen LogP contribution is 2.39. The molecule has 4 heterocycles. The van der Waals surface area contributed by atoms with Gasteiger partial charge in [0.2, 0.25) is 0 Å². The summed E-state index contributed by atoms with van der Waals surface area (Å²) in [5.74, 6) is -0.0359. The van der Waals surface area contributed by atoms with Crippen molar-refractivity contribution in [2.75, 3.05) is 17.2 Å². The molecular weight excluding hydrogens is 432 g/mol. The topological polar surface area (TPSA) is 126 Å². The first-order chi connectivity index (χ1) is 16.6. The van der Waals surface area contributed by atoms with Crippen molar-refractivity contribution in [1.82, 2.24) is 29.8 Å². The van der Waals surface area contributed by atoms with Crippen LogP contribution in [0.5, 0.6) is 0 Å². The van der Waals surface area contributed by atoms with E-state index in [2.05, 4.69) is 35.6 Å². The van der Waals surface area contributed by atoms with Gasteiger partial charge in [0.15, 0.2) is 17.2 Å². The fourth-order valence-electron chi connectivity index (χ4n) is 4.12. The summed E-state index contributed by atoms with van der Waals surface area (Å²) in [6.45, 7) is 2.73. The highest BCUT2D eigenvalue weighted by Gasteiger charge is 2.30. The number of nitrogens with zero attached hydrogens (tertiary/aromatic N) is 6. The van der Waals surface area contributed by atoms with Crippen molar-refractivity contribution in [3.63, 3.8) is 0 Å². The zero-order valence-electron chi connectivity index (χ0n) is 18.9. The van der Waals surface area contributed by atoms with Gasteiger partial charge in [-0.25, -0.2) is 24.9 Å². The van der Waals surface area contributed by atoms with Crippen LogP contribution in [0.15, 0.2) is 43.2 Å². The predicted molar refractivity (Wildman–Crippen MR) is 126 cm³/mol. The molecular formula is C24H26N8O2. The maximum Gasteiger partial charge on any atom is 0.278 e. The number of nitrogens with one attached hydrogen (secondary N) is 2. The van der Waals surface area contributed by atoms with Crippen LogP contribution in [-0.2, 0) is 0 Å². The second-order valence-corrected chi connectivity index (χ2v) is 8.72. The Labute approximate surface area is 197 Å². The second kappa shape index (κ2) is 9.50. The maximum atomic E-state index is 13.4. The average Bonchev–Trinajstić information content (AvgIpc) is 3.71. The number of anilines is 3. The van der Waals surface area contributed by atoms with Gasteiger partial charge in [0.1, 0.15) is 6.33 Å². The summed E-state index contributed by atoms with van der Waals surface area (Å²) in [5.41, 5.74) is 2.08. The maximum absolute atomic E-state index is 13.4. The number of hydrogen-bond acceptors (Lipinski definition) is 8. The predicted octanol–water partition coefficient (Wildman–Crippen LogP) is 3.55. The zero-order chi connectivity index (χ0) is 23.5. The van der Waals surface area contributed by atoms with Gasteiger partial charge in [-0.3, -0.25) is 9.59 Å². The summed E-state index contributed by atoms with van der Waals surface area (Å²) >= 11 is 0. The molecule has 1 saturated carbocycles. The fourth-order valence-corrected chi connectivity index (χ4v) is 4.12. The van der Waals surface area contributed by atoms with Gasteiger partial charge in [0.05, 0.1) is 35.7 Å². The molecule has 3 aromatic heterocycles. The molecule has 1 aliphatic carbocycles. The van der Waals surface area contributed by atoms with E-state index in [0.717, 1.165) is 37.8 Å². The lowest BCUT2D eigenvalue weighted by molar-refractivity contribution is 0.0630. The van der Waals surface area contributed by atoms with E-state index in [1.54, 1.807) is 36.9 Å². The summed E-state index contributed by atoms with van der Waals surface area (Å²) in [6, 6.07) is 3.51. The van der Waals surface area contributed by atoms with Crippen molar-refractivity contribution in [3.8, 4) is 0 Å². The summed E-state index contributed by atoms with van der Waals surface area (Å²) in [4.78, 5) is 49.8. The smallest absolute Gasteiger partial charge is 0.278 e. The summed E-state index contributed by atoms with van der Waals surface area (Å²) in [7, 11) is 0. The number of likely N-dealkylation sites (tertiary alicyclic amines) is 1. The van der Waals surface area contributed by atoms with Gasteiger partial charge in [-0.1, -0.05) is 0 Å². The van der Waals surface area contributed by atoms with Gasteiger partial charge in [-0.15, -0.1) is 0 Å². The molecule has 0 spiro atoms. The van der Waals surface area contributed by atoms with Gasteiger partial charge < -0.3 is 15.5 Å². The largest absolute Gasteiger partial charge is 0.336 e. The molecule has 10 nitrogen and oxygen atoms in total. The molecule has 2 amide bonds. The van der Waals surface area contributed by atoms with Crippen molar-refractivity contribution in [2.45, 2.75) is 51.0 Å². The first-order valence-corrected chi connectivity index (χ1v) is 11.6. The number of rotatable bonds is 6. The zero-order valence-corrected chi connectivity index (χ0v) is 18.9. The molecule has 2 fully saturated rings. The van der Waals surface area contributed by atoms with Crippen molar-refractivity contribution in [3.05, 3.63) is 60.3 Å². The molecule has 2 N–H and O–H groups in total. The third-order valence-electron chi connectivity index (χ3n) is 6.15. The lowest BCUT2D eigenvalue weighted by Gasteiger charge is -2.33. The number of carbonyl (C=O) groups is 2. The van der Waals surface area contributed by atoms with E-state index in [0.29, 0.717) is 23.8 Å². The van der Waals surface area contributed by atoms with E-state index in [1.165, 1.54) is 6.33 Å². The van der Waals surface area contributed by atoms with Crippen molar-refractivity contribution in [2.24, 2.45) is 0 Å². The lowest BCUT2D eigenvalue weighted by Crippen LogP contribution is -2.42. The van der Waals surface area contributed by atoms with Crippen LogP contribution in [-0.4, -0.2) is 54.2 Å². The van der Waals surface area contributed by atoms with Crippen LogP contribution in [0.1, 0.15) is 71.6 Å². The number of hydrogen-bond donors (Lipinski definition) is 2. The van der Waals surface area contributed by atoms with Crippen LogP contribution in [0.2, 0.25) is 0 Å². The van der Waals surface area contributed by atoms with Crippen LogP contribution >= 0.6 is 0 Å². The van der Waals surface area contributed by atoms with Gasteiger partial charge in [-0.2, -0.15) is 0 Å². The van der Waals surface area contributed by atoms with E-state index < -0.39 is 5.91 Å². The fraction of sp³-hybridized carbons (Fsp3) is 0.375. The molecule has 1 saturated heterocycles. The number of amides is 2. The number of carbonyl (C=O) groups excluding carboxylic acids is 2. The van der Waals surface area contributed by atoms with E-state index in [4.69, 9.17) is 0 Å². The molecule has 0 bridgehead atoms. The minimum atomic E-state index is -0.469. The molecule has 10 heteroatoms. The van der Waals surface area contributed by atoms with Crippen LogP contribution in [0.4, 0.5) is 17.2 Å². The van der Waals surface area contributed by atoms with Gasteiger partial charge in [0.25, 0.3) is 11.8 Å². The molecule has 1 atom stereocenters. The highest BCUT2D eigenvalue weighted by molar-refractivity contribution is 6.09. The first kappa shape index (κ1) is 21.9. The highest BCUT2D eigenvalue weighted by atomic mass is 16.2. The molecule has 5 rings (SSSR count). The van der Waals surface area contributed by atoms with Gasteiger partial charge in [-0.05, 0) is 51.2 Å². The van der Waals surface area contributed by atoms with E-state index in [9.17, 15) is 9.59 Å². The van der Waals surface area contributed by atoms with Crippen LogP contribution in [0, 0.1) is 0 Å². The van der Waals surface area contributed by atoms with E-state index in [-0.39, 0.29) is 29.2 Å². The second-order valence-electron chi connectivity index (χ2n) is 8.72. The third kappa shape index (κ3) is 4.70. The van der Waals surface area contributed by atoms with Crippen LogP contribution < -0.4 is 10.6 Å². The Balaban J connectivity index is 1.43. The standard InChI is InChI=1S/C24H26N8O2/c1-15-5-2-3-10-32(15)24(34)20-18(6-4-9-27-20)31-23(33)21-22(29-17-11-25-14-26-12-17)28-13-19(30-21)16-7-8-16/h4,6,9,11-16H,2-3,5,7-8,10H2,1H3,(H,28,29)(H,31,33). The quantitative estimate of drug-likeness (QED) is 0.574. The lowest BCUT2D eigenvalue weighted by atomic mass is 10.0. The molecule has 1 aliphatic heterocycles. The number of piperidine rings is 1. The van der Waals surface area contributed by atoms with Crippen molar-refractivity contribution in [1.29, 1.82) is 0 Å². The van der Waals surface area contributed by atoms with Gasteiger partial charge >= 0.3 is 0 Å². The Morgan fingerprint density at radius 2 is 1.85 bits per heavy atom. The molecule has 1 unspecified atom stereocenters. The summed E-state index contributed by atoms with van der Waals surface area (Å²) < 4.78 is 0. The molecule has 0 aromatic carbocycles. The minimum absolute atomic E-state index is 0.136. The van der Waals surface area contributed by atoms with Crippen molar-refractivity contribution >= 4 is 29.0 Å². The van der Waals surface area contributed by atoms with E-state index >= 15 is 0 Å². The molecule has 34 heavy (non-hydrogen) atoms. The summed E-state index contributed by atoms with van der Waals surface area (Å²) in [5, 5.41) is 5.92. The molecule has 174 valence electrons. The number of pyridine rings is 1. The minimum Gasteiger partial charge on any atom is -0.336 e. The van der Waals surface area contributed by atoms with Crippen LogP contribution in [0.25, 0.3) is 0 Å². The first-order valence-electron chi connectivity index (χ1n) is 11.6. The number of aromatic nitrogens is 5. The van der Waals surface area contributed by atoms with Crippen molar-refractivity contribution < 1.29 is 9.59 Å². The Hall–Kier alpha value is -3.95. The Morgan fingerprint density at radius 3 is 2.62 bits per heavy atom. The molecule has 2 aliphatic rings. The third-order valence-corrected chi connectivity index (χ3v) is 6.15. The molecule has 3 aromatic rings. The molecule has 0 radical (unpaired) electrons. The Morgan fingerprint density at radius 1 is 1.03 bits per heavy atom. The monoisotopic (exact) mass is 458 g/mol. The van der Waals surface area contributed by atoms with Crippen LogP contribution in [0.3, 0.4) is 0 Å². The summed E-state index contributed by atoms with van der Waals surface area (Å²) in [6.07, 6.45) is 12.9. The van der Waals surface area contributed by atoms with Gasteiger partial charge in [0, 0.05) is 24.7 Å². The average molecular weight is 459 g/mol. The Bertz CT molecular complexity index is 1200. The normalized spacial score (nSPS) is 17.8. The van der Waals surface area contributed by atoms with E-state index in [1.807, 2.05) is 11.8 Å². The SMILES string of the molecule is CC1CCCCN1C(=O)c1ncccc1NC(=O)c1nc(C2CC2)cnc1Nc1cncnc1.